The van der Waals surface area contributed by atoms with E-state index < -0.39 is 12.3 Å². The lowest BCUT2D eigenvalue weighted by Crippen LogP contribution is -2.27. The Kier molecular flexibility index (Phi) is 20.0. The fourth-order valence-electron chi connectivity index (χ4n) is 1.92. The molecule has 0 radical (unpaired) electrons. The van der Waals surface area contributed by atoms with Crippen molar-refractivity contribution in [2.75, 3.05) is 6.61 Å². The maximum absolute atomic E-state index is 12.1. The van der Waals surface area contributed by atoms with Gasteiger partial charge >= 0.3 is 5.97 Å². The van der Waals surface area contributed by atoms with Gasteiger partial charge in [0.2, 0.25) is 0 Å². The zero-order chi connectivity index (χ0) is 20.2. The van der Waals surface area contributed by atoms with E-state index in [4.69, 9.17) is 9.47 Å². The first kappa shape index (κ1) is 26.5. The second-order valence-electron chi connectivity index (χ2n) is 4.84. The van der Waals surface area contributed by atoms with Crippen LogP contribution in [0.4, 0.5) is 4.53 Å². The van der Waals surface area contributed by atoms with Crippen LogP contribution in [-0.2, 0) is 32.2 Å². The minimum absolute atomic E-state index is 0.0580. The van der Waals surface area contributed by atoms with Gasteiger partial charge in [0.05, 0.1) is 0 Å². The third-order valence-electron chi connectivity index (χ3n) is 3.12. The van der Waals surface area contributed by atoms with Crippen LogP contribution in [0.2, 0.25) is 0 Å². The first-order valence-electron chi connectivity index (χ1n) is 9.45. The van der Waals surface area contributed by atoms with Crippen molar-refractivity contribution in [2.24, 2.45) is 0 Å². The lowest BCUT2D eigenvalue weighted by Gasteiger charge is -2.11. The van der Waals surface area contributed by atoms with E-state index in [9.17, 15) is 9.32 Å². The van der Waals surface area contributed by atoms with Crippen LogP contribution in [0.15, 0.2) is 36.9 Å². The number of halogens is 1. The second-order valence-corrected chi connectivity index (χ2v) is 4.84. The summed E-state index contributed by atoms with van der Waals surface area (Å²) in [5.41, 5.74) is 2.07. The molecule has 4 nitrogen and oxygen atoms in total. The number of hydrogen-bond donors (Lipinski definition) is 0. The van der Waals surface area contributed by atoms with Crippen molar-refractivity contribution in [3.63, 3.8) is 0 Å². The minimum Gasteiger partial charge on any atom is -0.457 e. The molecule has 0 aliphatic heterocycles. The van der Waals surface area contributed by atoms with Crippen LogP contribution in [0.25, 0.3) is 0 Å². The van der Waals surface area contributed by atoms with Crippen molar-refractivity contribution in [3.05, 3.63) is 48.0 Å². The van der Waals surface area contributed by atoms with E-state index in [0.29, 0.717) is 0 Å². The molecular weight excluding hydrogens is 335 g/mol. The Balaban J connectivity index is 0. The van der Waals surface area contributed by atoms with Gasteiger partial charge in [0, 0.05) is 6.61 Å². The van der Waals surface area contributed by atoms with Crippen molar-refractivity contribution >= 4 is 5.97 Å². The largest absolute Gasteiger partial charge is 0.457 e. The van der Waals surface area contributed by atoms with E-state index in [1.807, 2.05) is 58.0 Å². The highest BCUT2D eigenvalue weighted by atomic mass is 19.3. The van der Waals surface area contributed by atoms with Crippen molar-refractivity contribution in [1.29, 1.82) is 0 Å². The van der Waals surface area contributed by atoms with Gasteiger partial charge in [-0.2, -0.15) is 0 Å². The molecule has 0 aromatic heterocycles. The maximum Gasteiger partial charge on any atom is 0.367 e. The summed E-state index contributed by atoms with van der Waals surface area (Å²) in [6.45, 7) is 13.5. The van der Waals surface area contributed by atoms with E-state index in [1.165, 1.54) is 5.56 Å². The Morgan fingerprint density at radius 1 is 1.12 bits per heavy atom. The summed E-state index contributed by atoms with van der Waals surface area (Å²) >= 11 is 0. The summed E-state index contributed by atoms with van der Waals surface area (Å²) in [4.78, 5) is 14.9. The Hall–Kier alpha value is -1.72. The van der Waals surface area contributed by atoms with E-state index in [0.717, 1.165) is 31.2 Å². The number of unbranched alkanes of at least 4 members (excludes halogenated alkanes) is 2. The molecule has 0 spiro atoms. The van der Waals surface area contributed by atoms with Crippen LogP contribution in [0.1, 0.15) is 65.0 Å². The average Bonchev–Trinajstić information content (AvgIpc) is 2.71. The number of carbonyl (C=O) groups is 1. The first-order chi connectivity index (χ1) is 12.7. The topological polar surface area (TPSA) is 44.8 Å². The third-order valence-corrected chi connectivity index (χ3v) is 3.12. The van der Waals surface area contributed by atoms with Crippen LogP contribution >= 0.6 is 0 Å². The van der Waals surface area contributed by atoms with Crippen LogP contribution < -0.4 is 0 Å². The Morgan fingerprint density at radius 2 is 1.69 bits per heavy atom. The van der Waals surface area contributed by atoms with Gasteiger partial charge in [-0.3, -0.25) is 0 Å². The number of rotatable bonds is 11. The molecule has 5 heteroatoms. The van der Waals surface area contributed by atoms with Crippen molar-refractivity contribution in [3.8, 4) is 0 Å². The van der Waals surface area contributed by atoms with E-state index in [1.54, 1.807) is 6.92 Å². The zero-order valence-corrected chi connectivity index (χ0v) is 16.9. The molecule has 1 rings (SSSR count). The molecule has 0 N–H and O–H groups in total. The summed E-state index contributed by atoms with van der Waals surface area (Å²) in [7, 11) is 0. The van der Waals surface area contributed by atoms with Crippen LogP contribution in [-0.4, -0.2) is 18.9 Å². The molecule has 1 unspecified atom stereocenters. The molecule has 26 heavy (non-hydrogen) atoms. The average molecular weight is 371 g/mol. The molecular formula is C21H35FO4. The molecule has 0 fully saturated rings. The van der Waals surface area contributed by atoms with Gasteiger partial charge < -0.3 is 9.47 Å². The van der Waals surface area contributed by atoms with Gasteiger partial charge in [0.25, 0.3) is 6.29 Å². The molecule has 0 bridgehead atoms. The summed E-state index contributed by atoms with van der Waals surface area (Å²) < 4.78 is 21.8. The quantitative estimate of drug-likeness (QED) is 0.209. The van der Waals surface area contributed by atoms with E-state index in [2.05, 4.69) is 11.5 Å². The van der Waals surface area contributed by atoms with Crippen molar-refractivity contribution < 1.29 is 23.7 Å². The van der Waals surface area contributed by atoms with Gasteiger partial charge in [0.1, 0.15) is 6.61 Å². The number of ether oxygens (including phenoxy) is 2. The monoisotopic (exact) mass is 370 g/mol. The lowest BCUT2D eigenvalue weighted by atomic mass is 10.1. The number of allylic oxidation sites excluding steroid dienone is 1. The molecule has 1 aromatic rings. The number of aryl methyl sites for hydroxylation is 1. The Labute approximate surface area is 158 Å². The van der Waals surface area contributed by atoms with Crippen LogP contribution in [0, 0.1) is 0 Å². The number of esters is 1. The smallest absolute Gasteiger partial charge is 0.367 e. The van der Waals surface area contributed by atoms with E-state index >= 15 is 0 Å². The third kappa shape index (κ3) is 12.6. The van der Waals surface area contributed by atoms with Gasteiger partial charge in [-0.1, -0.05) is 58.0 Å². The molecule has 1 atom stereocenters. The zero-order valence-electron chi connectivity index (χ0n) is 16.9. The highest BCUT2D eigenvalue weighted by molar-refractivity contribution is 5.73. The SMILES string of the molecule is C=CCCCCc1ccc(COC(=O)C(OF)OCC)cc1.CC.CC. The molecule has 1 aromatic carbocycles. The van der Waals surface area contributed by atoms with Gasteiger partial charge in [-0.15, -0.1) is 11.5 Å². The fraction of sp³-hybridized carbons (Fsp3) is 0.571. The predicted octanol–water partition coefficient (Wildman–Crippen LogP) is 5.94. The Morgan fingerprint density at radius 3 is 2.19 bits per heavy atom. The highest BCUT2D eigenvalue weighted by Crippen LogP contribution is 2.11. The molecule has 0 saturated carbocycles. The molecule has 0 heterocycles. The van der Waals surface area contributed by atoms with Gasteiger partial charge in [-0.05, 0) is 48.3 Å². The molecule has 0 saturated heterocycles. The molecule has 0 aliphatic rings. The van der Waals surface area contributed by atoms with Crippen molar-refractivity contribution in [1.82, 2.24) is 0 Å². The number of hydrogen-bond acceptors (Lipinski definition) is 4. The minimum atomic E-state index is -1.62. The summed E-state index contributed by atoms with van der Waals surface area (Å²) in [5.74, 6) is -0.877. The highest BCUT2D eigenvalue weighted by Gasteiger charge is 2.22. The van der Waals surface area contributed by atoms with Crippen molar-refractivity contribution in [2.45, 2.75) is 73.2 Å². The second kappa shape index (κ2) is 19.6. The van der Waals surface area contributed by atoms with Gasteiger partial charge in [-0.25, -0.2) is 4.79 Å². The molecule has 150 valence electrons. The van der Waals surface area contributed by atoms with Gasteiger partial charge in [0.15, 0.2) is 0 Å². The summed E-state index contributed by atoms with van der Waals surface area (Å²) in [6.07, 6.45) is 4.60. The molecule has 0 aliphatic carbocycles. The van der Waals surface area contributed by atoms with Crippen LogP contribution in [0.3, 0.4) is 0 Å². The first-order valence-corrected chi connectivity index (χ1v) is 9.45. The molecule has 0 amide bonds. The lowest BCUT2D eigenvalue weighted by molar-refractivity contribution is -0.273. The summed E-state index contributed by atoms with van der Waals surface area (Å²) in [5, 5.41) is 0. The summed E-state index contributed by atoms with van der Waals surface area (Å²) in [6, 6.07) is 7.79. The van der Waals surface area contributed by atoms with Crippen LogP contribution in [0.5, 0.6) is 0 Å². The Bertz CT molecular complexity index is 446. The normalized spacial score (nSPS) is 10.5. The van der Waals surface area contributed by atoms with E-state index in [-0.39, 0.29) is 13.2 Å². The maximum atomic E-state index is 12.1. The standard InChI is InChI=1S/C17H23FO4.2C2H6/c1-3-5-6-7-8-14-9-11-15(12-10-14)13-21-16(19)17(22-18)20-4-2;2*1-2/h3,9-12,17H,1,4-8,13H2,2H3;2*1-2H3. The number of benzene rings is 1. The number of carbonyl (C=O) groups excluding carboxylic acids is 1. The predicted molar refractivity (Wildman–Crippen MR) is 104 cm³/mol. The fourth-order valence-corrected chi connectivity index (χ4v) is 1.92.